The van der Waals surface area contributed by atoms with Crippen LogP contribution in [0.25, 0.3) is 22.2 Å². The largest absolute Gasteiger partial charge is 0.495 e. The summed E-state index contributed by atoms with van der Waals surface area (Å²) >= 11 is 6.11. The molecular formula is C23H27ClN4O3. The van der Waals surface area contributed by atoms with Crippen molar-refractivity contribution >= 4 is 34.4 Å². The molecule has 1 aliphatic rings. The number of nitrogens with zero attached hydrogens (tertiary/aromatic N) is 3. The molecule has 2 heterocycles. The highest BCUT2D eigenvalue weighted by Gasteiger charge is 2.23. The molecule has 1 fully saturated rings. The van der Waals surface area contributed by atoms with Gasteiger partial charge in [0.2, 0.25) is 5.28 Å². The molecule has 0 atom stereocenters. The van der Waals surface area contributed by atoms with Crippen LogP contribution in [-0.2, 0) is 4.74 Å². The normalized spacial score (nSPS) is 14.7. The number of fused-ring (bicyclic) bond motifs is 1. The van der Waals surface area contributed by atoms with Gasteiger partial charge in [0.1, 0.15) is 17.0 Å². The summed E-state index contributed by atoms with van der Waals surface area (Å²) in [5.41, 5.74) is 2.67. The van der Waals surface area contributed by atoms with Crippen molar-refractivity contribution in [2.24, 2.45) is 0 Å². The van der Waals surface area contributed by atoms with Gasteiger partial charge in [0.25, 0.3) is 0 Å². The molecule has 1 aromatic carbocycles. The number of methoxy groups -OCH3 is 1. The highest BCUT2D eigenvalue weighted by Crippen LogP contribution is 2.39. The lowest BCUT2D eigenvalue weighted by Gasteiger charge is -2.20. The number of carbonyl (C=O) groups excluding carboxylic acids is 1. The minimum absolute atomic E-state index is 0.235. The molecule has 0 saturated heterocycles. The Bertz CT molecular complexity index is 1110. The van der Waals surface area contributed by atoms with Gasteiger partial charge >= 0.3 is 6.09 Å². The number of rotatable bonds is 4. The fourth-order valence-corrected chi connectivity index (χ4v) is 4.22. The summed E-state index contributed by atoms with van der Waals surface area (Å²) in [4.78, 5) is 21.1. The van der Waals surface area contributed by atoms with Crippen molar-refractivity contribution < 1.29 is 14.3 Å². The number of carbonyl (C=O) groups is 1. The topological polar surface area (TPSA) is 78.3 Å². The van der Waals surface area contributed by atoms with E-state index in [0.29, 0.717) is 17.5 Å². The van der Waals surface area contributed by atoms with E-state index in [2.05, 4.69) is 26.0 Å². The number of halogens is 1. The molecule has 1 aliphatic carbocycles. The molecule has 2 aromatic heterocycles. The number of ether oxygens (including phenoxy) is 2. The van der Waals surface area contributed by atoms with Crippen LogP contribution in [-0.4, -0.2) is 33.3 Å². The van der Waals surface area contributed by atoms with Crippen LogP contribution < -0.4 is 10.1 Å². The Labute approximate surface area is 186 Å². The van der Waals surface area contributed by atoms with Crippen molar-refractivity contribution in [3.05, 3.63) is 35.9 Å². The first-order valence-corrected chi connectivity index (χ1v) is 10.8. The van der Waals surface area contributed by atoms with Crippen LogP contribution in [0, 0.1) is 0 Å². The van der Waals surface area contributed by atoms with Gasteiger partial charge in [0.15, 0.2) is 0 Å². The molecule has 7 nitrogen and oxygen atoms in total. The van der Waals surface area contributed by atoms with Crippen LogP contribution in [0.5, 0.6) is 5.75 Å². The standard InChI is InChI=1S/C23H27ClN4O3/c1-23(2,3)31-22(29)26-18-11-14(9-10-19(18)30-4)17-13-28(15-7-5-6-8-15)20-16(17)12-25-21(24)27-20/h9-13,15H,5-8H2,1-4H3,(H,26,29). The molecule has 164 valence electrons. The summed E-state index contributed by atoms with van der Waals surface area (Å²) in [6.45, 7) is 5.47. The molecule has 3 aromatic rings. The van der Waals surface area contributed by atoms with Crippen molar-refractivity contribution in [2.75, 3.05) is 12.4 Å². The number of anilines is 1. The van der Waals surface area contributed by atoms with E-state index < -0.39 is 11.7 Å². The lowest BCUT2D eigenvalue weighted by Crippen LogP contribution is -2.27. The number of hydrogen-bond donors (Lipinski definition) is 1. The SMILES string of the molecule is COc1ccc(-c2cn(C3CCCC3)c3nc(Cl)ncc23)cc1NC(=O)OC(C)(C)C. The Hall–Kier alpha value is -2.80. The van der Waals surface area contributed by atoms with E-state index in [0.717, 1.165) is 35.0 Å². The minimum Gasteiger partial charge on any atom is -0.495 e. The van der Waals surface area contributed by atoms with Gasteiger partial charge in [0, 0.05) is 29.4 Å². The highest BCUT2D eigenvalue weighted by molar-refractivity contribution is 6.28. The number of hydrogen-bond acceptors (Lipinski definition) is 5. The molecule has 0 bridgehead atoms. The predicted octanol–water partition coefficient (Wildman–Crippen LogP) is 6.22. The number of nitrogens with one attached hydrogen (secondary N) is 1. The first-order chi connectivity index (χ1) is 14.7. The summed E-state index contributed by atoms with van der Waals surface area (Å²) < 4.78 is 13.1. The maximum Gasteiger partial charge on any atom is 0.412 e. The molecule has 0 spiro atoms. The van der Waals surface area contributed by atoms with Crippen molar-refractivity contribution in [1.82, 2.24) is 14.5 Å². The molecule has 1 N–H and O–H groups in total. The van der Waals surface area contributed by atoms with Gasteiger partial charge in [-0.1, -0.05) is 18.9 Å². The Morgan fingerprint density at radius 1 is 1.26 bits per heavy atom. The minimum atomic E-state index is -0.597. The quantitative estimate of drug-likeness (QED) is 0.485. The Morgan fingerprint density at radius 3 is 2.68 bits per heavy atom. The van der Waals surface area contributed by atoms with E-state index in [9.17, 15) is 4.79 Å². The molecule has 0 radical (unpaired) electrons. The van der Waals surface area contributed by atoms with Gasteiger partial charge in [-0.3, -0.25) is 5.32 Å². The molecule has 1 saturated carbocycles. The predicted molar refractivity (Wildman–Crippen MR) is 122 cm³/mol. The Balaban J connectivity index is 1.76. The van der Waals surface area contributed by atoms with Gasteiger partial charge in [-0.2, -0.15) is 4.98 Å². The molecule has 4 rings (SSSR count). The Morgan fingerprint density at radius 2 is 2.00 bits per heavy atom. The number of amides is 1. The van der Waals surface area contributed by atoms with Crippen molar-refractivity contribution in [3.8, 4) is 16.9 Å². The zero-order chi connectivity index (χ0) is 22.2. The second kappa shape index (κ2) is 8.38. The van der Waals surface area contributed by atoms with Crippen LogP contribution >= 0.6 is 11.6 Å². The lowest BCUT2D eigenvalue weighted by atomic mass is 10.1. The molecular weight excluding hydrogens is 416 g/mol. The second-order valence-corrected chi connectivity index (χ2v) is 9.14. The summed E-state index contributed by atoms with van der Waals surface area (Å²) in [5, 5.41) is 3.96. The number of benzene rings is 1. The van der Waals surface area contributed by atoms with Crippen molar-refractivity contribution in [2.45, 2.75) is 58.1 Å². The van der Waals surface area contributed by atoms with Gasteiger partial charge in [-0.25, -0.2) is 9.78 Å². The van der Waals surface area contributed by atoms with E-state index in [1.54, 1.807) is 13.3 Å². The van der Waals surface area contributed by atoms with Crippen LogP contribution in [0.4, 0.5) is 10.5 Å². The monoisotopic (exact) mass is 442 g/mol. The molecule has 31 heavy (non-hydrogen) atoms. The second-order valence-electron chi connectivity index (χ2n) is 8.81. The summed E-state index contributed by atoms with van der Waals surface area (Å²) in [5.74, 6) is 0.549. The molecule has 8 heteroatoms. The van der Waals surface area contributed by atoms with Gasteiger partial charge in [-0.15, -0.1) is 0 Å². The zero-order valence-electron chi connectivity index (χ0n) is 18.2. The smallest absolute Gasteiger partial charge is 0.412 e. The fourth-order valence-electron chi connectivity index (χ4n) is 4.09. The van der Waals surface area contributed by atoms with Gasteiger partial charge < -0.3 is 14.0 Å². The maximum absolute atomic E-state index is 12.3. The molecule has 0 unspecified atom stereocenters. The van der Waals surface area contributed by atoms with Crippen LogP contribution in [0.2, 0.25) is 5.28 Å². The zero-order valence-corrected chi connectivity index (χ0v) is 19.0. The lowest BCUT2D eigenvalue weighted by molar-refractivity contribution is 0.0635. The fraction of sp³-hybridized carbons (Fsp3) is 0.435. The van der Waals surface area contributed by atoms with E-state index in [1.807, 2.05) is 39.0 Å². The first-order valence-electron chi connectivity index (χ1n) is 10.5. The number of aromatic nitrogens is 3. The summed E-state index contributed by atoms with van der Waals surface area (Å²) in [7, 11) is 1.57. The van der Waals surface area contributed by atoms with E-state index in [-0.39, 0.29) is 5.28 Å². The highest BCUT2D eigenvalue weighted by atomic mass is 35.5. The summed E-state index contributed by atoms with van der Waals surface area (Å²) in [6.07, 6.45) is 8.02. The van der Waals surface area contributed by atoms with E-state index in [1.165, 1.54) is 12.8 Å². The first kappa shape index (κ1) is 21.4. The summed E-state index contributed by atoms with van der Waals surface area (Å²) in [6, 6.07) is 6.07. The van der Waals surface area contributed by atoms with Gasteiger partial charge in [0.05, 0.1) is 12.8 Å². The third kappa shape index (κ3) is 4.61. The van der Waals surface area contributed by atoms with E-state index in [4.69, 9.17) is 21.1 Å². The third-order valence-corrected chi connectivity index (χ3v) is 5.59. The van der Waals surface area contributed by atoms with Crippen LogP contribution in [0.1, 0.15) is 52.5 Å². The third-order valence-electron chi connectivity index (χ3n) is 5.41. The van der Waals surface area contributed by atoms with Gasteiger partial charge in [-0.05, 0) is 62.9 Å². The van der Waals surface area contributed by atoms with Crippen molar-refractivity contribution in [3.63, 3.8) is 0 Å². The molecule has 1 amide bonds. The van der Waals surface area contributed by atoms with Crippen molar-refractivity contribution in [1.29, 1.82) is 0 Å². The molecule has 0 aliphatic heterocycles. The Kier molecular flexibility index (Phi) is 5.79. The van der Waals surface area contributed by atoms with E-state index >= 15 is 0 Å². The van der Waals surface area contributed by atoms with Crippen LogP contribution in [0.15, 0.2) is 30.6 Å². The maximum atomic E-state index is 12.3. The average molecular weight is 443 g/mol. The van der Waals surface area contributed by atoms with Crippen LogP contribution in [0.3, 0.4) is 0 Å². The average Bonchev–Trinajstić information content (AvgIpc) is 3.33.